The highest BCUT2D eigenvalue weighted by atomic mass is 16.5. The van der Waals surface area contributed by atoms with Gasteiger partial charge in [0.05, 0.1) is 19.4 Å². The van der Waals surface area contributed by atoms with Gasteiger partial charge in [0.1, 0.15) is 17.7 Å². The Morgan fingerprint density at radius 2 is 2.50 bits per heavy atom. The van der Waals surface area contributed by atoms with Crippen LogP contribution in [0.3, 0.4) is 0 Å². The maximum atomic E-state index is 8.45. The standard InChI is InChI=1S/C9H7N3O2/c1-13-6-4-7-9(11-5-6)14-8(12-7)2-3-10/h4-5H,2H2,1H3. The lowest BCUT2D eigenvalue weighted by Gasteiger charge is -1.94. The Hall–Kier alpha value is -2.09. The molecule has 2 aromatic rings. The Morgan fingerprint density at radius 1 is 1.64 bits per heavy atom. The molecule has 0 saturated carbocycles. The van der Waals surface area contributed by atoms with Gasteiger partial charge in [-0.15, -0.1) is 0 Å². The van der Waals surface area contributed by atoms with Crippen LogP contribution in [0.5, 0.6) is 5.75 Å². The fourth-order valence-corrected chi connectivity index (χ4v) is 1.10. The normalized spacial score (nSPS) is 10.0. The van der Waals surface area contributed by atoms with Crippen molar-refractivity contribution in [1.29, 1.82) is 5.26 Å². The summed E-state index contributed by atoms with van der Waals surface area (Å²) in [4.78, 5) is 8.07. The molecule has 0 amide bonds. The Balaban J connectivity index is 2.50. The second kappa shape index (κ2) is 3.34. The van der Waals surface area contributed by atoms with Crippen molar-refractivity contribution in [3.8, 4) is 11.8 Å². The zero-order chi connectivity index (χ0) is 9.97. The second-order valence-corrected chi connectivity index (χ2v) is 2.64. The number of hydrogen-bond donors (Lipinski definition) is 0. The zero-order valence-electron chi connectivity index (χ0n) is 7.52. The number of aromatic nitrogens is 2. The minimum Gasteiger partial charge on any atom is -0.495 e. The molecule has 0 atom stereocenters. The molecule has 5 heteroatoms. The first-order valence-corrected chi connectivity index (χ1v) is 4.00. The molecule has 14 heavy (non-hydrogen) atoms. The molecule has 0 aromatic carbocycles. The molecule has 0 spiro atoms. The summed E-state index contributed by atoms with van der Waals surface area (Å²) in [7, 11) is 1.55. The summed E-state index contributed by atoms with van der Waals surface area (Å²) in [5.41, 5.74) is 1.03. The molecule has 5 nitrogen and oxygen atoms in total. The van der Waals surface area contributed by atoms with E-state index >= 15 is 0 Å². The zero-order valence-corrected chi connectivity index (χ0v) is 7.52. The van der Waals surface area contributed by atoms with E-state index in [0.29, 0.717) is 22.9 Å². The Morgan fingerprint density at radius 3 is 3.21 bits per heavy atom. The van der Waals surface area contributed by atoms with E-state index in [0.717, 1.165) is 0 Å². The quantitative estimate of drug-likeness (QED) is 0.711. The van der Waals surface area contributed by atoms with E-state index < -0.39 is 0 Å². The summed E-state index contributed by atoms with van der Waals surface area (Å²) in [6.45, 7) is 0. The summed E-state index contributed by atoms with van der Waals surface area (Å²) in [5.74, 6) is 0.998. The van der Waals surface area contributed by atoms with E-state index in [-0.39, 0.29) is 6.42 Å². The highest BCUT2D eigenvalue weighted by Gasteiger charge is 2.06. The predicted molar refractivity (Wildman–Crippen MR) is 47.7 cm³/mol. The van der Waals surface area contributed by atoms with Crippen molar-refractivity contribution in [2.75, 3.05) is 7.11 Å². The number of methoxy groups -OCH3 is 1. The van der Waals surface area contributed by atoms with Crippen molar-refractivity contribution in [3.63, 3.8) is 0 Å². The van der Waals surface area contributed by atoms with E-state index in [1.165, 1.54) is 0 Å². The molecule has 2 heterocycles. The number of pyridine rings is 1. The number of fused-ring (bicyclic) bond motifs is 1. The van der Waals surface area contributed by atoms with Crippen molar-refractivity contribution >= 4 is 11.2 Å². The van der Waals surface area contributed by atoms with E-state index in [2.05, 4.69) is 9.97 Å². The SMILES string of the molecule is COc1cnc2oc(CC#N)nc2c1. The summed E-state index contributed by atoms with van der Waals surface area (Å²) in [6.07, 6.45) is 1.70. The predicted octanol–water partition coefficient (Wildman–Crippen LogP) is 1.30. The maximum absolute atomic E-state index is 8.45. The summed E-state index contributed by atoms with van der Waals surface area (Å²) in [6, 6.07) is 3.67. The lowest BCUT2D eigenvalue weighted by Crippen LogP contribution is -1.83. The first kappa shape index (κ1) is 8.51. The lowest BCUT2D eigenvalue weighted by molar-refractivity contribution is 0.413. The van der Waals surface area contributed by atoms with Crippen molar-refractivity contribution in [2.24, 2.45) is 0 Å². The van der Waals surface area contributed by atoms with E-state index in [1.807, 2.05) is 6.07 Å². The van der Waals surface area contributed by atoms with Gasteiger partial charge in [-0.2, -0.15) is 5.26 Å². The van der Waals surface area contributed by atoms with Crippen LogP contribution in [0.15, 0.2) is 16.7 Å². The van der Waals surface area contributed by atoms with Gasteiger partial charge in [0.2, 0.25) is 11.6 Å². The molecule has 0 N–H and O–H groups in total. The topological polar surface area (TPSA) is 71.9 Å². The van der Waals surface area contributed by atoms with Crippen LogP contribution in [0.1, 0.15) is 5.89 Å². The second-order valence-electron chi connectivity index (χ2n) is 2.64. The third-order valence-corrected chi connectivity index (χ3v) is 1.73. The van der Waals surface area contributed by atoms with Crippen molar-refractivity contribution in [2.45, 2.75) is 6.42 Å². The molecule has 0 aliphatic carbocycles. The Labute approximate surface area is 79.9 Å². The number of oxazole rings is 1. The highest BCUT2D eigenvalue weighted by Crippen LogP contribution is 2.18. The van der Waals surface area contributed by atoms with Crippen molar-refractivity contribution in [3.05, 3.63) is 18.2 Å². The Bertz CT molecular complexity index is 498. The fraction of sp³-hybridized carbons (Fsp3) is 0.222. The van der Waals surface area contributed by atoms with E-state index in [1.54, 1.807) is 19.4 Å². The highest BCUT2D eigenvalue weighted by molar-refractivity contribution is 5.69. The molecule has 0 saturated heterocycles. The summed E-state index contributed by atoms with van der Waals surface area (Å²) < 4.78 is 10.2. The molecule has 70 valence electrons. The third-order valence-electron chi connectivity index (χ3n) is 1.73. The van der Waals surface area contributed by atoms with Crippen LogP contribution < -0.4 is 4.74 Å². The number of nitrogens with zero attached hydrogens (tertiary/aromatic N) is 3. The monoisotopic (exact) mass is 189 g/mol. The molecular formula is C9H7N3O2. The van der Waals surface area contributed by atoms with Gasteiger partial charge in [0.15, 0.2) is 0 Å². The minimum atomic E-state index is 0.151. The van der Waals surface area contributed by atoms with Gasteiger partial charge in [-0.05, 0) is 0 Å². The van der Waals surface area contributed by atoms with E-state index in [4.69, 9.17) is 14.4 Å². The molecule has 0 bridgehead atoms. The van der Waals surface area contributed by atoms with Gasteiger partial charge in [0.25, 0.3) is 0 Å². The summed E-state index contributed by atoms with van der Waals surface area (Å²) >= 11 is 0. The van der Waals surface area contributed by atoms with Crippen LogP contribution in [0, 0.1) is 11.3 Å². The molecule has 0 radical (unpaired) electrons. The number of nitriles is 1. The largest absolute Gasteiger partial charge is 0.495 e. The molecular weight excluding hydrogens is 182 g/mol. The van der Waals surface area contributed by atoms with Crippen molar-refractivity contribution in [1.82, 2.24) is 9.97 Å². The lowest BCUT2D eigenvalue weighted by atomic mass is 10.4. The third kappa shape index (κ3) is 1.38. The van der Waals surface area contributed by atoms with Gasteiger partial charge < -0.3 is 9.15 Å². The molecule has 2 rings (SSSR count). The molecule has 0 unspecified atom stereocenters. The van der Waals surface area contributed by atoms with Gasteiger partial charge in [0, 0.05) is 6.07 Å². The van der Waals surface area contributed by atoms with Crippen LogP contribution in [0.25, 0.3) is 11.2 Å². The minimum absolute atomic E-state index is 0.151. The van der Waals surface area contributed by atoms with Gasteiger partial charge in [-0.3, -0.25) is 0 Å². The van der Waals surface area contributed by atoms with E-state index in [9.17, 15) is 0 Å². The number of ether oxygens (including phenoxy) is 1. The van der Waals surface area contributed by atoms with Crippen LogP contribution in [-0.4, -0.2) is 17.1 Å². The number of rotatable bonds is 2. The van der Waals surface area contributed by atoms with Crippen LogP contribution in [0.2, 0.25) is 0 Å². The van der Waals surface area contributed by atoms with Crippen molar-refractivity contribution < 1.29 is 9.15 Å². The molecule has 0 fully saturated rings. The van der Waals surface area contributed by atoms with Crippen LogP contribution in [0.4, 0.5) is 0 Å². The summed E-state index contributed by atoms with van der Waals surface area (Å²) in [5, 5.41) is 8.45. The van der Waals surface area contributed by atoms with Crippen LogP contribution in [-0.2, 0) is 6.42 Å². The first-order chi connectivity index (χ1) is 6.83. The molecule has 0 aliphatic heterocycles. The van der Waals surface area contributed by atoms with Gasteiger partial charge >= 0.3 is 0 Å². The average Bonchev–Trinajstić information content (AvgIpc) is 2.59. The van der Waals surface area contributed by atoms with Crippen LogP contribution >= 0.6 is 0 Å². The molecule has 0 aliphatic rings. The smallest absolute Gasteiger partial charge is 0.247 e. The van der Waals surface area contributed by atoms with Gasteiger partial charge in [-0.1, -0.05) is 0 Å². The average molecular weight is 189 g/mol. The number of hydrogen-bond acceptors (Lipinski definition) is 5. The first-order valence-electron chi connectivity index (χ1n) is 4.00. The fourth-order valence-electron chi connectivity index (χ4n) is 1.10. The maximum Gasteiger partial charge on any atom is 0.247 e. The molecule has 2 aromatic heterocycles. The van der Waals surface area contributed by atoms with Gasteiger partial charge in [-0.25, -0.2) is 9.97 Å². The Kier molecular flexibility index (Phi) is 2.03.